The molecule has 1 N–H and O–H groups in total. The Morgan fingerprint density at radius 1 is 1.35 bits per heavy atom. The van der Waals surface area contributed by atoms with Crippen molar-refractivity contribution < 1.29 is 9.50 Å². The van der Waals surface area contributed by atoms with Crippen LogP contribution in [-0.4, -0.2) is 18.7 Å². The van der Waals surface area contributed by atoms with E-state index in [1.165, 1.54) is 31.7 Å². The van der Waals surface area contributed by atoms with Gasteiger partial charge in [-0.3, -0.25) is 0 Å². The molecule has 2 bridgehead atoms. The molecule has 0 saturated heterocycles. The zero-order valence-corrected chi connectivity index (χ0v) is 12.3. The molecule has 1 aromatic rings. The van der Waals surface area contributed by atoms with Crippen LogP contribution in [0.25, 0.3) is 0 Å². The van der Waals surface area contributed by atoms with E-state index in [9.17, 15) is 9.50 Å². The summed E-state index contributed by atoms with van der Waals surface area (Å²) in [6.45, 7) is 2.61. The highest BCUT2D eigenvalue weighted by atomic mass is 19.1. The Hall–Kier alpha value is -1.09. The molecular weight excluding hydrogens is 253 g/mol. The van der Waals surface area contributed by atoms with Crippen molar-refractivity contribution in [3.63, 3.8) is 0 Å². The Morgan fingerprint density at radius 2 is 2.15 bits per heavy atom. The van der Waals surface area contributed by atoms with Gasteiger partial charge in [-0.25, -0.2) is 4.39 Å². The fourth-order valence-corrected chi connectivity index (χ4v) is 4.32. The molecule has 0 amide bonds. The average molecular weight is 277 g/mol. The lowest BCUT2D eigenvalue weighted by molar-refractivity contribution is 0.194. The fourth-order valence-electron chi connectivity index (χ4n) is 4.32. The van der Waals surface area contributed by atoms with E-state index >= 15 is 0 Å². The molecule has 2 nitrogen and oxygen atoms in total. The van der Waals surface area contributed by atoms with Crippen LogP contribution in [0.2, 0.25) is 0 Å². The normalized spacial score (nSPS) is 29.7. The second-order valence-electron chi connectivity index (χ2n) is 6.66. The number of fused-ring (bicyclic) bond motifs is 2. The summed E-state index contributed by atoms with van der Waals surface area (Å²) in [5.74, 6) is 2.23. The number of aliphatic hydroxyl groups excluding tert-OH is 1. The molecule has 110 valence electrons. The highest BCUT2D eigenvalue weighted by Crippen LogP contribution is 2.48. The first-order chi connectivity index (χ1) is 9.56. The molecule has 2 saturated carbocycles. The maximum Gasteiger partial charge on any atom is 0.131 e. The van der Waals surface area contributed by atoms with E-state index in [0.29, 0.717) is 5.56 Å². The standard InChI is InChI=1S/C17H24FNO/c1-11(20)17-15(18)4-3-5-16(17)19(2)10-14-9-12-6-7-13(14)8-12/h3-5,11-14,20H,6-10H2,1-2H3/t11-,12?,13?,14?/m0/s1. The molecule has 3 heteroatoms. The summed E-state index contributed by atoms with van der Waals surface area (Å²) < 4.78 is 13.9. The molecule has 3 unspecified atom stereocenters. The van der Waals surface area contributed by atoms with Crippen molar-refractivity contribution in [3.05, 3.63) is 29.6 Å². The van der Waals surface area contributed by atoms with Gasteiger partial charge in [-0.05, 0) is 56.1 Å². The second kappa shape index (κ2) is 5.36. The Kier molecular flexibility index (Phi) is 3.72. The molecule has 0 spiro atoms. The minimum Gasteiger partial charge on any atom is -0.389 e. The molecule has 2 aliphatic rings. The number of rotatable bonds is 4. The van der Waals surface area contributed by atoms with Crippen molar-refractivity contribution in [1.82, 2.24) is 0 Å². The number of halogens is 1. The van der Waals surface area contributed by atoms with Crippen molar-refractivity contribution in [1.29, 1.82) is 0 Å². The number of benzene rings is 1. The lowest BCUT2D eigenvalue weighted by Gasteiger charge is -2.30. The molecular formula is C17H24FNO. The van der Waals surface area contributed by atoms with Crippen molar-refractivity contribution in [3.8, 4) is 0 Å². The van der Waals surface area contributed by atoms with Crippen LogP contribution in [0.5, 0.6) is 0 Å². The van der Waals surface area contributed by atoms with Crippen LogP contribution in [0.4, 0.5) is 10.1 Å². The minimum absolute atomic E-state index is 0.308. The van der Waals surface area contributed by atoms with Crippen molar-refractivity contribution in [2.75, 3.05) is 18.5 Å². The monoisotopic (exact) mass is 277 g/mol. The summed E-state index contributed by atoms with van der Waals surface area (Å²) in [4.78, 5) is 2.14. The second-order valence-corrected chi connectivity index (χ2v) is 6.66. The van der Waals surface area contributed by atoms with Gasteiger partial charge >= 0.3 is 0 Å². The molecule has 0 aromatic heterocycles. The Morgan fingerprint density at radius 3 is 2.75 bits per heavy atom. The molecule has 1 aromatic carbocycles. The van der Waals surface area contributed by atoms with Crippen LogP contribution < -0.4 is 4.90 Å². The van der Waals surface area contributed by atoms with E-state index < -0.39 is 6.10 Å². The predicted octanol–water partition coefficient (Wildman–Crippen LogP) is 3.75. The summed E-state index contributed by atoms with van der Waals surface area (Å²) in [5, 5.41) is 9.83. The van der Waals surface area contributed by atoms with E-state index in [1.807, 2.05) is 13.1 Å². The zero-order chi connectivity index (χ0) is 14.3. The molecule has 20 heavy (non-hydrogen) atoms. The Labute approximate surface area is 120 Å². The fraction of sp³-hybridized carbons (Fsp3) is 0.647. The number of hydrogen-bond acceptors (Lipinski definition) is 2. The Balaban J connectivity index is 1.77. The van der Waals surface area contributed by atoms with Crippen LogP contribution in [0.1, 0.15) is 44.3 Å². The summed E-state index contributed by atoms with van der Waals surface area (Å²) in [6, 6.07) is 5.07. The number of hydrogen-bond donors (Lipinski definition) is 1. The zero-order valence-electron chi connectivity index (χ0n) is 12.3. The molecule has 2 fully saturated rings. The van der Waals surface area contributed by atoms with Crippen molar-refractivity contribution >= 4 is 5.69 Å². The van der Waals surface area contributed by atoms with Crippen LogP contribution in [0.3, 0.4) is 0 Å². The van der Waals surface area contributed by atoms with E-state index in [0.717, 1.165) is 30.0 Å². The molecule has 0 heterocycles. The SMILES string of the molecule is C[C@H](O)c1c(F)cccc1N(C)CC1CC2CCC1C2. The lowest BCUT2D eigenvalue weighted by atomic mass is 9.88. The molecule has 2 aliphatic carbocycles. The largest absolute Gasteiger partial charge is 0.389 e. The topological polar surface area (TPSA) is 23.5 Å². The first-order valence-electron chi connectivity index (χ1n) is 7.74. The molecule has 3 rings (SSSR count). The van der Waals surface area contributed by atoms with E-state index in [2.05, 4.69) is 4.90 Å². The van der Waals surface area contributed by atoms with Gasteiger partial charge in [0.25, 0.3) is 0 Å². The first kappa shape index (κ1) is 13.9. The number of anilines is 1. The van der Waals surface area contributed by atoms with E-state index in [1.54, 1.807) is 13.0 Å². The summed E-state index contributed by atoms with van der Waals surface area (Å²) in [7, 11) is 2.02. The third-order valence-corrected chi connectivity index (χ3v) is 5.25. The van der Waals surface area contributed by atoms with E-state index in [-0.39, 0.29) is 5.82 Å². The maximum absolute atomic E-state index is 13.9. The van der Waals surface area contributed by atoms with Crippen LogP contribution >= 0.6 is 0 Å². The van der Waals surface area contributed by atoms with Gasteiger partial charge in [-0.2, -0.15) is 0 Å². The van der Waals surface area contributed by atoms with Gasteiger partial charge in [-0.1, -0.05) is 12.5 Å². The van der Waals surface area contributed by atoms with Gasteiger partial charge in [0.05, 0.1) is 6.10 Å². The maximum atomic E-state index is 13.9. The highest BCUT2D eigenvalue weighted by Gasteiger charge is 2.39. The van der Waals surface area contributed by atoms with Gasteiger partial charge in [0, 0.05) is 24.8 Å². The smallest absolute Gasteiger partial charge is 0.131 e. The molecule has 0 radical (unpaired) electrons. The molecule has 4 atom stereocenters. The lowest BCUT2D eigenvalue weighted by Crippen LogP contribution is -2.29. The summed E-state index contributed by atoms with van der Waals surface area (Å²) >= 11 is 0. The number of aliphatic hydroxyl groups is 1. The summed E-state index contributed by atoms with van der Waals surface area (Å²) in [6.07, 6.45) is 4.73. The first-order valence-corrected chi connectivity index (χ1v) is 7.74. The van der Waals surface area contributed by atoms with Gasteiger partial charge in [-0.15, -0.1) is 0 Å². The quantitative estimate of drug-likeness (QED) is 0.906. The third kappa shape index (κ3) is 2.44. The average Bonchev–Trinajstić information content (AvgIpc) is 3.00. The van der Waals surface area contributed by atoms with E-state index in [4.69, 9.17) is 0 Å². The minimum atomic E-state index is -0.770. The van der Waals surface area contributed by atoms with Gasteiger partial charge in [0.2, 0.25) is 0 Å². The van der Waals surface area contributed by atoms with Crippen LogP contribution in [-0.2, 0) is 0 Å². The highest BCUT2D eigenvalue weighted by molar-refractivity contribution is 5.54. The number of nitrogens with zero attached hydrogens (tertiary/aromatic N) is 1. The van der Waals surface area contributed by atoms with Crippen LogP contribution in [0.15, 0.2) is 18.2 Å². The van der Waals surface area contributed by atoms with Crippen molar-refractivity contribution in [2.24, 2.45) is 17.8 Å². The third-order valence-electron chi connectivity index (χ3n) is 5.25. The van der Waals surface area contributed by atoms with Gasteiger partial charge < -0.3 is 10.0 Å². The van der Waals surface area contributed by atoms with Crippen molar-refractivity contribution in [2.45, 2.75) is 38.7 Å². The van der Waals surface area contributed by atoms with Crippen LogP contribution in [0, 0.1) is 23.6 Å². The van der Waals surface area contributed by atoms with Gasteiger partial charge in [0.1, 0.15) is 5.82 Å². The van der Waals surface area contributed by atoms with Gasteiger partial charge in [0.15, 0.2) is 0 Å². The Bertz CT molecular complexity index is 488. The predicted molar refractivity (Wildman–Crippen MR) is 79.2 cm³/mol. The summed E-state index contributed by atoms with van der Waals surface area (Å²) in [5.41, 5.74) is 1.26. The molecule has 0 aliphatic heterocycles.